The topological polar surface area (TPSA) is 65.9 Å². The Morgan fingerprint density at radius 1 is 1.27 bits per heavy atom. The fraction of sp³-hybridized carbons (Fsp3) is 0.474. The van der Waals surface area contributed by atoms with Gasteiger partial charge in [-0.3, -0.25) is 4.79 Å². The quantitative estimate of drug-likeness (QED) is 0.891. The molecule has 6 nitrogen and oxygen atoms in total. The highest BCUT2D eigenvalue weighted by Crippen LogP contribution is 2.43. The van der Waals surface area contributed by atoms with E-state index < -0.39 is 6.61 Å². The summed E-state index contributed by atoms with van der Waals surface area (Å²) in [6, 6.07) is 8.43. The second-order valence-corrected chi connectivity index (χ2v) is 7.73. The molecule has 2 aliphatic rings. The Hall–Kier alpha value is -1.96. The summed E-state index contributed by atoms with van der Waals surface area (Å²) in [5.41, 5.74) is 2.03. The van der Waals surface area contributed by atoms with Crippen molar-refractivity contribution in [3.8, 4) is 0 Å². The Morgan fingerprint density at radius 3 is 2.81 bits per heavy atom. The SMILES string of the molecule is O=C(CO)N1CCC2(CC1)OCCN(Cc1nccs1)c1ccccc12. The van der Waals surface area contributed by atoms with E-state index in [4.69, 9.17) is 9.84 Å². The maximum atomic E-state index is 11.8. The first-order valence-corrected chi connectivity index (χ1v) is 9.85. The monoisotopic (exact) mass is 373 g/mol. The van der Waals surface area contributed by atoms with Gasteiger partial charge in [0.05, 0.1) is 18.8 Å². The van der Waals surface area contributed by atoms with Crippen molar-refractivity contribution in [1.29, 1.82) is 0 Å². The van der Waals surface area contributed by atoms with Gasteiger partial charge in [0.1, 0.15) is 11.6 Å². The van der Waals surface area contributed by atoms with Crippen molar-refractivity contribution >= 4 is 22.9 Å². The van der Waals surface area contributed by atoms with Gasteiger partial charge < -0.3 is 19.6 Å². The molecule has 3 heterocycles. The van der Waals surface area contributed by atoms with Gasteiger partial charge in [-0.1, -0.05) is 18.2 Å². The number of nitrogens with zero attached hydrogens (tertiary/aromatic N) is 3. The number of rotatable bonds is 3. The van der Waals surface area contributed by atoms with Crippen molar-refractivity contribution in [3.05, 3.63) is 46.4 Å². The number of hydrogen-bond donors (Lipinski definition) is 1. The van der Waals surface area contributed by atoms with Crippen molar-refractivity contribution in [2.75, 3.05) is 37.7 Å². The zero-order chi connectivity index (χ0) is 18.0. The number of amides is 1. The van der Waals surface area contributed by atoms with E-state index in [1.807, 2.05) is 11.6 Å². The molecule has 7 heteroatoms. The van der Waals surface area contributed by atoms with E-state index in [-0.39, 0.29) is 11.5 Å². The first-order valence-electron chi connectivity index (χ1n) is 8.97. The minimum atomic E-state index is -0.425. The van der Waals surface area contributed by atoms with Crippen LogP contribution in [0.4, 0.5) is 5.69 Å². The Balaban J connectivity index is 1.61. The number of benzene rings is 1. The predicted octanol–water partition coefficient (Wildman–Crippen LogP) is 1.99. The number of anilines is 1. The van der Waals surface area contributed by atoms with Crippen LogP contribution in [0.2, 0.25) is 0 Å². The van der Waals surface area contributed by atoms with Crippen LogP contribution < -0.4 is 4.90 Å². The summed E-state index contributed by atoms with van der Waals surface area (Å²) in [5.74, 6) is -0.202. The fourth-order valence-electron chi connectivity index (χ4n) is 3.97. The van der Waals surface area contributed by atoms with Crippen molar-refractivity contribution in [1.82, 2.24) is 9.88 Å². The predicted molar refractivity (Wildman–Crippen MR) is 100 cm³/mol. The highest BCUT2D eigenvalue weighted by Gasteiger charge is 2.41. The largest absolute Gasteiger partial charge is 0.387 e. The summed E-state index contributed by atoms with van der Waals surface area (Å²) in [6.07, 6.45) is 3.34. The maximum absolute atomic E-state index is 11.8. The van der Waals surface area contributed by atoms with Gasteiger partial charge in [-0.05, 0) is 18.9 Å². The molecule has 2 aliphatic heterocycles. The number of hydrogen-bond acceptors (Lipinski definition) is 6. The lowest BCUT2D eigenvalue weighted by molar-refractivity contribution is -0.141. The van der Waals surface area contributed by atoms with Gasteiger partial charge in [0.25, 0.3) is 0 Å². The molecule has 26 heavy (non-hydrogen) atoms. The van der Waals surface area contributed by atoms with Gasteiger partial charge in [0.2, 0.25) is 5.91 Å². The van der Waals surface area contributed by atoms with Crippen LogP contribution in [0.25, 0.3) is 0 Å². The van der Waals surface area contributed by atoms with Crippen LogP contribution in [0.3, 0.4) is 0 Å². The summed E-state index contributed by atoms with van der Waals surface area (Å²) in [7, 11) is 0. The number of carbonyl (C=O) groups is 1. The van der Waals surface area contributed by atoms with Crippen LogP contribution in [0, 0.1) is 0 Å². The molecule has 1 amide bonds. The first kappa shape index (κ1) is 17.5. The van der Waals surface area contributed by atoms with E-state index >= 15 is 0 Å². The number of thiazole rings is 1. The Morgan fingerprint density at radius 2 is 2.08 bits per heavy atom. The summed E-state index contributed by atoms with van der Waals surface area (Å²) in [6.45, 7) is 3.04. The highest BCUT2D eigenvalue weighted by atomic mass is 32.1. The number of aliphatic hydroxyl groups excluding tert-OH is 1. The average Bonchev–Trinajstić information content (AvgIpc) is 3.15. The molecule has 138 valence electrons. The lowest BCUT2D eigenvalue weighted by Crippen LogP contribution is -2.47. The lowest BCUT2D eigenvalue weighted by Gasteiger charge is -2.41. The summed E-state index contributed by atoms with van der Waals surface area (Å²) >= 11 is 1.67. The molecule has 1 saturated heterocycles. The van der Waals surface area contributed by atoms with Gasteiger partial charge in [0.15, 0.2) is 0 Å². The number of aliphatic hydroxyl groups is 1. The van der Waals surface area contributed by atoms with E-state index in [1.54, 1.807) is 16.2 Å². The van der Waals surface area contributed by atoms with Crippen molar-refractivity contribution in [2.24, 2.45) is 0 Å². The molecule has 0 saturated carbocycles. The van der Waals surface area contributed by atoms with Crippen LogP contribution in [-0.4, -0.2) is 53.7 Å². The fourth-order valence-corrected chi connectivity index (χ4v) is 4.60. The number of likely N-dealkylation sites (tertiary alicyclic amines) is 1. The van der Waals surface area contributed by atoms with E-state index in [0.29, 0.717) is 19.7 Å². The van der Waals surface area contributed by atoms with Crippen molar-refractivity contribution in [3.63, 3.8) is 0 Å². The third kappa shape index (κ3) is 3.22. The molecule has 1 N–H and O–H groups in total. The Bertz CT molecular complexity index is 757. The summed E-state index contributed by atoms with van der Waals surface area (Å²) in [5, 5.41) is 12.2. The van der Waals surface area contributed by atoms with Gasteiger partial charge in [-0.15, -0.1) is 11.3 Å². The highest BCUT2D eigenvalue weighted by molar-refractivity contribution is 7.09. The van der Waals surface area contributed by atoms with Gasteiger partial charge >= 0.3 is 0 Å². The second kappa shape index (κ2) is 7.34. The molecule has 2 aromatic rings. The first-order chi connectivity index (χ1) is 12.7. The third-order valence-corrected chi connectivity index (χ3v) is 6.11. The molecule has 1 aromatic carbocycles. The van der Waals surface area contributed by atoms with Gasteiger partial charge in [-0.25, -0.2) is 4.98 Å². The zero-order valence-electron chi connectivity index (χ0n) is 14.6. The Kier molecular flexibility index (Phi) is 4.93. The molecule has 1 aromatic heterocycles. The second-order valence-electron chi connectivity index (χ2n) is 6.75. The van der Waals surface area contributed by atoms with Crippen molar-refractivity contribution in [2.45, 2.75) is 25.0 Å². The number of piperidine rings is 1. The molecule has 0 atom stereocenters. The molecular formula is C19H23N3O3S. The number of fused-ring (bicyclic) bond motifs is 2. The van der Waals surface area contributed by atoms with Crippen LogP contribution in [0.5, 0.6) is 0 Å². The van der Waals surface area contributed by atoms with E-state index in [2.05, 4.69) is 34.1 Å². The molecule has 0 aliphatic carbocycles. The van der Waals surface area contributed by atoms with Gasteiger partial charge in [0, 0.05) is 42.5 Å². The maximum Gasteiger partial charge on any atom is 0.248 e. The number of para-hydroxylation sites is 1. The Labute approximate surface area is 157 Å². The summed E-state index contributed by atoms with van der Waals surface area (Å²) < 4.78 is 6.41. The van der Waals surface area contributed by atoms with Crippen LogP contribution >= 0.6 is 11.3 Å². The smallest absolute Gasteiger partial charge is 0.248 e. The normalized spacial score (nSPS) is 19.3. The molecule has 1 fully saturated rings. The van der Waals surface area contributed by atoms with E-state index in [0.717, 1.165) is 30.9 Å². The molecule has 0 radical (unpaired) electrons. The van der Waals surface area contributed by atoms with Crippen LogP contribution in [0.1, 0.15) is 23.4 Å². The summed E-state index contributed by atoms with van der Waals surface area (Å²) in [4.78, 5) is 20.3. The lowest BCUT2D eigenvalue weighted by atomic mass is 9.83. The van der Waals surface area contributed by atoms with E-state index in [1.165, 1.54) is 11.3 Å². The van der Waals surface area contributed by atoms with Crippen LogP contribution in [0.15, 0.2) is 35.8 Å². The molecule has 4 rings (SSSR count). The minimum Gasteiger partial charge on any atom is -0.387 e. The average molecular weight is 373 g/mol. The van der Waals surface area contributed by atoms with E-state index in [9.17, 15) is 4.79 Å². The van der Waals surface area contributed by atoms with Gasteiger partial charge in [-0.2, -0.15) is 0 Å². The molecule has 0 bridgehead atoms. The molecular weight excluding hydrogens is 350 g/mol. The number of ether oxygens (including phenoxy) is 1. The number of carbonyl (C=O) groups excluding carboxylic acids is 1. The standard InChI is InChI=1S/C19H23N3O3S/c23-14-18(24)21-8-5-19(6-9-21)15-3-1-2-4-16(15)22(10-11-25-19)13-17-20-7-12-26-17/h1-4,7,12,23H,5-6,8-11,13-14H2. The van der Waals surface area contributed by atoms with Crippen LogP contribution in [-0.2, 0) is 21.7 Å². The minimum absolute atomic E-state index is 0.202. The molecule has 0 unspecified atom stereocenters. The number of aromatic nitrogens is 1. The zero-order valence-corrected chi connectivity index (χ0v) is 15.5. The van der Waals surface area contributed by atoms with Crippen molar-refractivity contribution < 1.29 is 14.6 Å². The molecule has 1 spiro atoms. The third-order valence-electron chi connectivity index (χ3n) is 5.34.